The molecule has 0 spiro atoms. The van der Waals surface area contributed by atoms with Crippen LogP contribution in [0.5, 0.6) is 5.75 Å². The summed E-state index contributed by atoms with van der Waals surface area (Å²) in [6.07, 6.45) is 0.411. The zero-order valence-electron chi connectivity index (χ0n) is 11.3. The van der Waals surface area contributed by atoms with E-state index < -0.39 is 0 Å². The van der Waals surface area contributed by atoms with E-state index in [1.807, 2.05) is 41.8 Å². The molecule has 2 rings (SSSR count). The smallest absolute Gasteiger partial charge is 0.226 e. The second-order valence-corrected chi connectivity index (χ2v) is 6.08. The summed E-state index contributed by atoms with van der Waals surface area (Å²) >= 11 is 4.95. The van der Waals surface area contributed by atoms with Crippen LogP contribution in [-0.4, -0.2) is 19.1 Å². The topological polar surface area (TPSA) is 38.3 Å². The number of nitrogens with one attached hydrogen (secondary N) is 1. The Morgan fingerprint density at radius 1 is 1.29 bits per heavy atom. The molecule has 5 heteroatoms. The van der Waals surface area contributed by atoms with Gasteiger partial charge in [-0.3, -0.25) is 4.79 Å². The zero-order chi connectivity index (χ0) is 14.9. The molecular formula is C16H14BrNO2S. The minimum absolute atomic E-state index is 0.0142. The largest absolute Gasteiger partial charge is 0.481 e. The molecule has 1 N–H and O–H groups in total. The first-order valence-electron chi connectivity index (χ1n) is 6.37. The number of halogens is 1. The maximum atomic E-state index is 11.6. The van der Waals surface area contributed by atoms with Gasteiger partial charge >= 0.3 is 0 Å². The number of amides is 1. The van der Waals surface area contributed by atoms with Crippen LogP contribution in [0.3, 0.4) is 0 Å². The number of hydrogen-bond acceptors (Lipinski definition) is 3. The zero-order valence-corrected chi connectivity index (χ0v) is 13.7. The fourth-order valence-electron chi connectivity index (χ4n) is 1.57. The van der Waals surface area contributed by atoms with Crippen molar-refractivity contribution in [1.82, 2.24) is 5.32 Å². The van der Waals surface area contributed by atoms with Crippen molar-refractivity contribution in [2.24, 2.45) is 0 Å². The lowest BCUT2D eigenvalue weighted by Gasteiger charge is -2.01. The third-order valence-corrected chi connectivity index (χ3v) is 3.89. The molecule has 21 heavy (non-hydrogen) atoms. The molecule has 0 bridgehead atoms. The van der Waals surface area contributed by atoms with Crippen LogP contribution >= 0.6 is 27.3 Å². The van der Waals surface area contributed by atoms with Gasteiger partial charge in [0.1, 0.15) is 12.4 Å². The van der Waals surface area contributed by atoms with E-state index in [9.17, 15) is 4.79 Å². The van der Waals surface area contributed by atoms with Crippen molar-refractivity contribution in [2.75, 3.05) is 13.2 Å². The van der Waals surface area contributed by atoms with Gasteiger partial charge in [-0.2, -0.15) is 0 Å². The Morgan fingerprint density at radius 3 is 2.95 bits per heavy atom. The van der Waals surface area contributed by atoms with Gasteiger partial charge in [-0.05, 0) is 29.6 Å². The maximum Gasteiger partial charge on any atom is 0.226 e. The van der Waals surface area contributed by atoms with Crippen LogP contribution in [-0.2, 0) is 11.2 Å². The van der Waals surface area contributed by atoms with Gasteiger partial charge in [0.05, 0.1) is 13.0 Å². The first-order chi connectivity index (χ1) is 10.2. The van der Waals surface area contributed by atoms with Crippen LogP contribution in [0.1, 0.15) is 4.88 Å². The number of thiophene rings is 1. The average molecular weight is 364 g/mol. The highest BCUT2D eigenvalue weighted by atomic mass is 79.9. The van der Waals surface area contributed by atoms with E-state index in [-0.39, 0.29) is 5.91 Å². The van der Waals surface area contributed by atoms with Crippen molar-refractivity contribution < 1.29 is 9.53 Å². The Balaban J connectivity index is 1.64. The first-order valence-corrected chi connectivity index (χ1v) is 8.04. The summed E-state index contributed by atoms with van der Waals surface area (Å²) in [5, 5.41) is 4.72. The van der Waals surface area contributed by atoms with Gasteiger partial charge in [0.2, 0.25) is 5.91 Å². The van der Waals surface area contributed by atoms with Crippen molar-refractivity contribution in [3.05, 3.63) is 51.1 Å². The van der Waals surface area contributed by atoms with Crippen molar-refractivity contribution in [3.63, 3.8) is 0 Å². The molecule has 0 saturated carbocycles. The summed E-state index contributed by atoms with van der Waals surface area (Å²) in [6, 6.07) is 11.5. The van der Waals surface area contributed by atoms with Crippen molar-refractivity contribution in [2.45, 2.75) is 6.42 Å². The number of rotatable bonds is 5. The van der Waals surface area contributed by atoms with E-state index in [4.69, 9.17) is 4.74 Å². The molecule has 0 aliphatic heterocycles. The lowest BCUT2D eigenvalue weighted by Crippen LogP contribution is -2.25. The minimum Gasteiger partial charge on any atom is -0.481 e. The fraction of sp³-hybridized carbons (Fsp3) is 0.188. The highest BCUT2D eigenvalue weighted by Gasteiger charge is 2.01. The van der Waals surface area contributed by atoms with E-state index in [0.717, 1.165) is 15.1 Å². The normalized spacial score (nSPS) is 9.57. The van der Waals surface area contributed by atoms with Crippen LogP contribution in [0.15, 0.2) is 46.3 Å². The van der Waals surface area contributed by atoms with E-state index >= 15 is 0 Å². The van der Waals surface area contributed by atoms with Gasteiger partial charge in [-0.15, -0.1) is 11.3 Å². The van der Waals surface area contributed by atoms with Crippen LogP contribution in [0.25, 0.3) is 0 Å². The Hall–Kier alpha value is -1.77. The molecule has 0 fully saturated rings. The predicted octanol–water partition coefficient (Wildman–Crippen LogP) is 3.25. The van der Waals surface area contributed by atoms with Gasteiger partial charge in [-0.1, -0.05) is 39.9 Å². The maximum absolute atomic E-state index is 11.6. The standard InChI is InChI=1S/C16H14BrNO2S/c17-13-5-3-6-14(11-13)20-9-2-1-8-18-16(19)12-15-7-4-10-21-15/h3-7,10-11H,8-9,12H2,(H,18,19). The van der Waals surface area contributed by atoms with E-state index in [1.165, 1.54) is 0 Å². The Bertz CT molecular complexity index is 644. The molecule has 0 aliphatic carbocycles. The van der Waals surface area contributed by atoms with Gasteiger partial charge in [0.25, 0.3) is 0 Å². The van der Waals surface area contributed by atoms with Crippen LogP contribution in [0, 0.1) is 11.8 Å². The van der Waals surface area contributed by atoms with Crippen LogP contribution < -0.4 is 10.1 Å². The number of ether oxygens (including phenoxy) is 1. The van der Waals surface area contributed by atoms with Crippen molar-refractivity contribution in [3.8, 4) is 17.6 Å². The van der Waals surface area contributed by atoms with Crippen molar-refractivity contribution >= 4 is 33.2 Å². The highest BCUT2D eigenvalue weighted by Crippen LogP contribution is 2.17. The molecule has 0 saturated heterocycles. The molecule has 0 radical (unpaired) electrons. The SMILES string of the molecule is O=C(Cc1cccs1)NCC#CCOc1cccc(Br)c1. The number of hydrogen-bond donors (Lipinski definition) is 1. The van der Waals surface area contributed by atoms with Crippen LogP contribution in [0.2, 0.25) is 0 Å². The third-order valence-electron chi connectivity index (χ3n) is 2.52. The first kappa shape index (κ1) is 15.6. The van der Waals surface area contributed by atoms with Gasteiger partial charge in [-0.25, -0.2) is 0 Å². The average Bonchev–Trinajstić information content (AvgIpc) is 2.95. The second kappa shape index (κ2) is 8.50. The Kier molecular flexibility index (Phi) is 6.32. The second-order valence-electron chi connectivity index (χ2n) is 4.13. The highest BCUT2D eigenvalue weighted by molar-refractivity contribution is 9.10. The summed E-state index contributed by atoms with van der Waals surface area (Å²) in [6.45, 7) is 0.642. The summed E-state index contributed by atoms with van der Waals surface area (Å²) in [5.41, 5.74) is 0. The van der Waals surface area contributed by atoms with E-state index in [2.05, 4.69) is 33.1 Å². The van der Waals surface area contributed by atoms with Gasteiger partial charge in [0.15, 0.2) is 0 Å². The molecule has 2 aromatic rings. The molecule has 0 atom stereocenters. The number of carbonyl (C=O) groups is 1. The Morgan fingerprint density at radius 2 is 2.19 bits per heavy atom. The molecule has 108 valence electrons. The molecule has 0 unspecified atom stereocenters. The van der Waals surface area contributed by atoms with Gasteiger partial charge in [0, 0.05) is 9.35 Å². The van der Waals surface area contributed by atoms with E-state index in [0.29, 0.717) is 19.6 Å². The molecule has 1 aromatic carbocycles. The summed E-state index contributed by atoms with van der Waals surface area (Å²) < 4.78 is 6.43. The lowest BCUT2D eigenvalue weighted by molar-refractivity contribution is -0.120. The molecular weight excluding hydrogens is 350 g/mol. The summed E-state index contributed by atoms with van der Waals surface area (Å²) in [7, 11) is 0. The quantitative estimate of drug-likeness (QED) is 0.828. The number of benzene rings is 1. The molecule has 1 heterocycles. The summed E-state index contributed by atoms with van der Waals surface area (Å²) in [5.74, 6) is 6.48. The molecule has 1 aromatic heterocycles. The molecule has 0 aliphatic rings. The predicted molar refractivity (Wildman–Crippen MR) is 88.4 cm³/mol. The third kappa shape index (κ3) is 6.03. The van der Waals surface area contributed by atoms with Crippen LogP contribution in [0.4, 0.5) is 0 Å². The fourth-order valence-corrected chi connectivity index (χ4v) is 2.65. The van der Waals surface area contributed by atoms with Crippen molar-refractivity contribution in [1.29, 1.82) is 0 Å². The Labute approximate surface area is 136 Å². The van der Waals surface area contributed by atoms with Gasteiger partial charge < -0.3 is 10.1 Å². The summed E-state index contributed by atoms with van der Waals surface area (Å²) in [4.78, 5) is 12.6. The molecule has 3 nitrogen and oxygen atoms in total. The van der Waals surface area contributed by atoms with E-state index in [1.54, 1.807) is 11.3 Å². The minimum atomic E-state index is -0.0142. The monoisotopic (exact) mass is 363 g/mol. The molecule has 1 amide bonds. The number of carbonyl (C=O) groups excluding carboxylic acids is 1. The lowest BCUT2D eigenvalue weighted by atomic mass is 10.3.